The molecule has 98 valence electrons. The van der Waals surface area contributed by atoms with Crippen molar-refractivity contribution in [2.24, 2.45) is 5.16 Å². The second-order valence-corrected chi connectivity index (χ2v) is 4.58. The number of benzene rings is 1. The van der Waals surface area contributed by atoms with Crippen molar-refractivity contribution in [3.63, 3.8) is 0 Å². The summed E-state index contributed by atoms with van der Waals surface area (Å²) in [6, 6.07) is 7.40. The highest BCUT2D eigenvalue weighted by Gasteiger charge is 2.19. The van der Waals surface area contributed by atoms with E-state index in [0.29, 0.717) is 0 Å². The van der Waals surface area contributed by atoms with Gasteiger partial charge in [0.25, 0.3) is 0 Å². The normalized spacial score (nSPS) is 17.3. The number of nitrogens with one attached hydrogen (secondary N) is 1. The maximum absolute atomic E-state index is 11.7. The Morgan fingerprint density at radius 1 is 1.37 bits per heavy atom. The van der Waals surface area contributed by atoms with E-state index in [1.807, 2.05) is 18.2 Å². The number of oxime groups is 1. The smallest absolute Gasteiger partial charge is 0.189 e. The molecule has 1 fully saturated rings. The van der Waals surface area contributed by atoms with Crippen molar-refractivity contribution in [3.05, 3.63) is 40.7 Å². The second kappa shape index (κ2) is 4.76. The van der Waals surface area contributed by atoms with Crippen molar-refractivity contribution >= 4 is 22.3 Å². The predicted octanol–water partition coefficient (Wildman–Crippen LogP) is 1.74. The Labute approximate surface area is 110 Å². The van der Waals surface area contributed by atoms with Crippen molar-refractivity contribution in [1.29, 1.82) is 0 Å². The van der Waals surface area contributed by atoms with E-state index < -0.39 is 0 Å². The first-order chi connectivity index (χ1) is 9.28. The van der Waals surface area contributed by atoms with Gasteiger partial charge in [-0.25, -0.2) is 0 Å². The quantitative estimate of drug-likeness (QED) is 0.834. The van der Waals surface area contributed by atoms with Crippen LogP contribution in [0.2, 0.25) is 0 Å². The molecule has 0 radical (unpaired) electrons. The highest BCUT2D eigenvalue weighted by atomic mass is 16.6. The maximum Gasteiger partial charge on any atom is 0.189 e. The van der Waals surface area contributed by atoms with Gasteiger partial charge in [-0.3, -0.25) is 4.79 Å². The van der Waals surface area contributed by atoms with Crippen LogP contribution in [-0.4, -0.2) is 30.9 Å². The molecule has 1 aliphatic heterocycles. The lowest BCUT2D eigenvalue weighted by Crippen LogP contribution is -2.19. The minimum atomic E-state index is 0.0448. The van der Waals surface area contributed by atoms with Gasteiger partial charge in [-0.2, -0.15) is 0 Å². The molecule has 5 nitrogen and oxygen atoms in total. The maximum atomic E-state index is 11.7. The summed E-state index contributed by atoms with van der Waals surface area (Å²) in [4.78, 5) is 21.8. The van der Waals surface area contributed by atoms with E-state index in [1.54, 1.807) is 19.4 Å². The van der Waals surface area contributed by atoms with Gasteiger partial charge in [-0.05, 0) is 18.2 Å². The Balaban J connectivity index is 1.95. The number of rotatable bonds is 2. The van der Waals surface area contributed by atoms with Crippen LogP contribution in [-0.2, 0) is 4.84 Å². The van der Waals surface area contributed by atoms with Crippen LogP contribution in [0, 0.1) is 0 Å². The van der Waals surface area contributed by atoms with Gasteiger partial charge in [-0.1, -0.05) is 5.16 Å². The lowest BCUT2D eigenvalue weighted by molar-refractivity contribution is 0.212. The fourth-order valence-corrected chi connectivity index (χ4v) is 2.43. The second-order valence-electron chi connectivity index (χ2n) is 4.58. The molecule has 2 heterocycles. The number of fused-ring (bicyclic) bond motifs is 1. The first kappa shape index (κ1) is 11.8. The Kier molecular flexibility index (Phi) is 2.95. The van der Waals surface area contributed by atoms with Crippen LogP contribution in [0.15, 0.2) is 40.4 Å². The summed E-state index contributed by atoms with van der Waals surface area (Å²) >= 11 is 0. The fourth-order valence-electron chi connectivity index (χ4n) is 2.43. The summed E-state index contributed by atoms with van der Waals surface area (Å²) in [5.41, 5.74) is 3.05. The average Bonchev–Trinajstić information content (AvgIpc) is 2.88. The van der Waals surface area contributed by atoms with E-state index in [0.717, 1.165) is 41.8 Å². The van der Waals surface area contributed by atoms with Crippen molar-refractivity contribution in [1.82, 2.24) is 4.98 Å². The molecule has 3 rings (SSSR count). The van der Waals surface area contributed by atoms with Crippen molar-refractivity contribution in [2.45, 2.75) is 6.42 Å². The third kappa shape index (κ3) is 2.19. The van der Waals surface area contributed by atoms with E-state index in [9.17, 15) is 4.79 Å². The summed E-state index contributed by atoms with van der Waals surface area (Å²) in [6.07, 6.45) is 2.59. The standard InChI is InChI=1S/C14H15N3O2/c1-19-16-10-5-7-17(9-10)11-2-3-12-13(8-11)15-6-4-14(12)18/h2-4,6,8H,5,7,9H2,1H3,(H,15,18)/b16-10-. The number of aromatic amines is 1. The van der Waals surface area contributed by atoms with Gasteiger partial charge in [-0.15, -0.1) is 0 Å². The summed E-state index contributed by atoms with van der Waals surface area (Å²) in [5, 5.41) is 4.71. The summed E-state index contributed by atoms with van der Waals surface area (Å²) in [5.74, 6) is 0. The zero-order chi connectivity index (χ0) is 13.2. The van der Waals surface area contributed by atoms with E-state index in [4.69, 9.17) is 4.84 Å². The largest absolute Gasteiger partial charge is 0.399 e. The number of H-pyrrole nitrogens is 1. The van der Waals surface area contributed by atoms with Crippen LogP contribution in [0.25, 0.3) is 10.9 Å². The van der Waals surface area contributed by atoms with Crippen molar-refractivity contribution in [2.75, 3.05) is 25.1 Å². The number of nitrogens with zero attached hydrogens (tertiary/aromatic N) is 2. The van der Waals surface area contributed by atoms with Crippen molar-refractivity contribution in [3.8, 4) is 0 Å². The first-order valence-electron chi connectivity index (χ1n) is 6.23. The minimum Gasteiger partial charge on any atom is -0.399 e. The molecule has 1 N–H and O–H groups in total. The third-order valence-electron chi connectivity index (χ3n) is 3.37. The van der Waals surface area contributed by atoms with Gasteiger partial charge >= 0.3 is 0 Å². The molecule has 0 aliphatic carbocycles. The van der Waals surface area contributed by atoms with Gasteiger partial charge < -0.3 is 14.7 Å². The minimum absolute atomic E-state index is 0.0448. The van der Waals surface area contributed by atoms with Crippen molar-refractivity contribution < 1.29 is 4.84 Å². The molecule has 0 atom stereocenters. The first-order valence-corrected chi connectivity index (χ1v) is 6.23. The molecule has 1 aromatic heterocycles. The third-order valence-corrected chi connectivity index (χ3v) is 3.37. The summed E-state index contributed by atoms with van der Waals surface area (Å²) in [6.45, 7) is 1.70. The van der Waals surface area contributed by atoms with E-state index in [1.165, 1.54) is 0 Å². The van der Waals surface area contributed by atoms with Crippen LogP contribution >= 0.6 is 0 Å². The average molecular weight is 257 g/mol. The monoisotopic (exact) mass is 257 g/mol. The number of anilines is 1. The number of hydrogen-bond acceptors (Lipinski definition) is 4. The van der Waals surface area contributed by atoms with Gasteiger partial charge in [0.05, 0.1) is 17.8 Å². The van der Waals surface area contributed by atoms with Gasteiger partial charge in [0, 0.05) is 36.3 Å². The van der Waals surface area contributed by atoms with Gasteiger partial charge in [0.15, 0.2) is 5.43 Å². The SMILES string of the molecule is CO/N=C1/CCN(c2ccc3c(=O)cc[nH]c3c2)C1. The molecule has 0 unspecified atom stereocenters. The molecule has 19 heavy (non-hydrogen) atoms. The number of aromatic nitrogens is 1. The Morgan fingerprint density at radius 3 is 3.11 bits per heavy atom. The van der Waals surface area contributed by atoms with Crippen LogP contribution in [0.4, 0.5) is 5.69 Å². The van der Waals surface area contributed by atoms with E-state index >= 15 is 0 Å². The zero-order valence-electron chi connectivity index (χ0n) is 10.7. The predicted molar refractivity (Wildman–Crippen MR) is 75.8 cm³/mol. The molecule has 2 aromatic rings. The highest BCUT2D eigenvalue weighted by Crippen LogP contribution is 2.22. The van der Waals surface area contributed by atoms with Crippen LogP contribution in [0.3, 0.4) is 0 Å². The lowest BCUT2D eigenvalue weighted by atomic mass is 10.2. The van der Waals surface area contributed by atoms with Crippen LogP contribution in [0.1, 0.15) is 6.42 Å². The summed E-state index contributed by atoms with van der Waals surface area (Å²) < 4.78 is 0. The van der Waals surface area contributed by atoms with E-state index in [-0.39, 0.29) is 5.43 Å². The molecule has 0 bridgehead atoms. The molecule has 0 amide bonds. The summed E-state index contributed by atoms with van der Waals surface area (Å²) in [7, 11) is 1.57. The molecule has 1 aliphatic rings. The molecule has 5 heteroatoms. The Morgan fingerprint density at radius 2 is 2.26 bits per heavy atom. The molecule has 1 aromatic carbocycles. The molecular weight excluding hydrogens is 242 g/mol. The highest BCUT2D eigenvalue weighted by molar-refractivity contribution is 5.92. The molecule has 0 spiro atoms. The zero-order valence-corrected chi connectivity index (χ0v) is 10.7. The molecular formula is C14H15N3O2. The van der Waals surface area contributed by atoms with Gasteiger partial charge in [0.2, 0.25) is 0 Å². The van der Waals surface area contributed by atoms with Crippen LogP contribution in [0.5, 0.6) is 0 Å². The molecule has 0 saturated carbocycles. The van der Waals surface area contributed by atoms with Gasteiger partial charge in [0.1, 0.15) is 7.11 Å². The number of hydrogen-bond donors (Lipinski definition) is 1. The topological polar surface area (TPSA) is 57.7 Å². The lowest BCUT2D eigenvalue weighted by Gasteiger charge is -2.17. The Hall–Kier alpha value is -2.30. The fraction of sp³-hybridized carbons (Fsp3) is 0.286. The van der Waals surface area contributed by atoms with Crippen LogP contribution < -0.4 is 10.3 Å². The Bertz CT molecular complexity index is 690. The number of pyridine rings is 1. The van der Waals surface area contributed by atoms with E-state index in [2.05, 4.69) is 15.0 Å². The molecule has 1 saturated heterocycles.